The van der Waals surface area contributed by atoms with Gasteiger partial charge in [-0.3, -0.25) is 4.79 Å². The Kier molecular flexibility index (Phi) is 4.15. The third-order valence-electron chi connectivity index (χ3n) is 2.60. The molecular weight excluding hydrogens is 298 g/mol. The number of para-hydroxylation sites is 1. The number of carbonyl (C=O) groups excluding carboxylic acids is 1. The molecule has 1 saturated heterocycles. The summed E-state index contributed by atoms with van der Waals surface area (Å²) in [5.41, 5.74) is 1.05. The molecule has 1 heterocycles. The fraction of sp³-hybridized carbons (Fsp3) is 0.462. The molecule has 1 aliphatic rings. The second-order valence-corrected chi connectivity index (χ2v) is 7.35. The van der Waals surface area contributed by atoms with Crippen LogP contribution in [-0.2, 0) is 4.79 Å². The molecule has 4 heteroatoms. The fourth-order valence-corrected chi connectivity index (χ4v) is 3.46. The number of hydrogen-bond donors (Lipinski definition) is 0. The number of hydrogen-bond acceptors (Lipinski definition) is 2. The van der Waals surface area contributed by atoms with Crippen LogP contribution in [0.15, 0.2) is 29.2 Å². The average Bonchev–Trinajstić information content (AvgIpc) is 2.58. The number of halogens is 1. The zero-order valence-corrected chi connectivity index (χ0v) is 12.4. The van der Waals surface area contributed by atoms with Crippen LogP contribution < -0.4 is 4.90 Å². The highest BCUT2D eigenvalue weighted by molar-refractivity contribution is 9.09. The standard InChI is InChI=1S/C13H16BrNOS/c1-9(2)17-12-6-4-3-5-11(12)15-8-10(14)7-13(15)16/h3-6,9-10H,7-8H2,1-2H3. The molecule has 2 rings (SSSR count). The van der Waals surface area contributed by atoms with Crippen molar-refractivity contribution < 1.29 is 4.79 Å². The topological polar surface area (TPSA) is 20.3 Å². The minimum Gasteiger partial charge on any atom is -0.310 e. The van der Waals surface area contributed by atoms with Gasteiger partial charge in [-0.25, -0.2) is 0 Å². The summed E-state index contributed by atoms with van der Waals surface area (Å²) in [5.74, 6) is 0.212. The Labute approximate surface area is 115 Å². The number of nitrogens with zero attached hydrogens (tertiary/aromatic N) is 1. The van der Waals surface area contributed by atoms with Gasteiger partial charge in [0, 0.05) is 27.9 Å². The van der Waals surface area contributed by atoms with E-state index >= 15 is 0 Å². The summed E-state index contributed by atoms with van der Waals surface area (Å²) >= 11 is 5.33. The third-order valence-corrected chi connectivity index (χ3v) is 4.28. The normalized spacial score (nSPS) is 20.4. The third kappa shape index (κ3) is 3.05. The van der Waals surface area contributed by atoms with Gasteiger partial charge in [0.25, 0.3) is 0 Å². The van der Waals surface area contributed by atoms with E-state index in [1.54, 1.807) is 11.8 Å². The van der Waals surface area contributed by atoms with E-state index in [0.717, 1.165) is 12.2 Å². The van der Waals surface area contributed by atoms with Crippen molar-refractivity contribution in [3.05, 3.63) is 24.3 Å². The molecule has 0 aliphatic carbocycles. The maximum absolute atomic E-state index is 11.9. The number of carbonyl (C=O) groups is 1. The van der Waals surface area contributed by atoms with Gasteiger partial charge in [-0.15, -0.1) is 11.8 Å². The second-order valence-electron chi connectivity index (χ2n) is 4.44. The number of alkyl halides is 1. The minimum atomic E-state index is 0.212. The van der Waals surface area contributed by atoms with Crippen molar-refractivity contribution in [2.75, 3.05) is 11.4 Å². The first-order valence-electron chi connectivity index (χ1n) is 5.78. The number of amides is 1. The molecular formula is C13H16BrNOS. The summed E-state index contributed by atoms with van der Waals surface area (Å²) in [6.07, 6.45) is 0.598. The quantitative estimate of drug-likeness (QED) is 0.626. The summed E-state index contributed by atoms with van der Waals surface area (Å²) in [7, 11) is 0. The Morgan fingerprint density at radius 2 is 2.12 bits per heavy atom. The van der Waals surface area contributed by atoms with Gasteiger partial charge in [0.1, 0.15) is 0 Å². The van der Waals surface area contributed by atoms with Crippen LogP contribution in [0, 0.1) is 0 Å². The molecule has 92 valence electrons. The van der Waals surface area contributed by atoms with Crippen molar-refractivity contribution in [2.45, 2.75) is 35.2 Å². The van der Waals surface area contributed by atoms with Gasteiger partial charge in [0.05, 0.1) is 5.69 Å². The minimum absolute atomic E-state index is 0.212. The first-order valence-corrected chi connectivity index (χ1v) is 7.57. The molecule has 0 radical (unpaired) electrons. The smallest absolute Gasteiger partial charge is 0.228 e. The Balaban J connectivity index is 2.28. The molecule has 1 aromatic carbocycles. The summed E-state index contributed by atoms with van der Waals surface area (Å²) in [6, 6.07) is 8.15. The molecule has 1 amide bonds. The molecule has 1 atom stereocenters. The lowest BCUT2D eigenvalue weighted by molar-refractivity contribution is -0.117. The molecule has 2 nitrogen and oxygen atoms in total. The van der Waals surface area contributed by atoms with E-state index < -0.39 is 0 Å². The summed E-state index contributed by atoms with van der Waals surface area (Å²) in [4.78, 5) is 15.3. The van der Waals surface area contributed by atoms with Crippen LogP contribution in [0.4, 0.5) is 5.69 Å². The van der Waals surface area contributed by atoms with E-state index in [2.05, 4.69) is 35.8 Å². The molecule has 0 N–H and O–H groups in total. The van der Waals surface area contributed by atoms with Crippen molar-refractivity contribution in [3.8, 4) is 0 Å². The highest BCUT2D eigenvalue weighted by Gasteiger charge is 2.30. The second kappa shape index (κ2) is 5.44. The van der Waals surface area contributed by atoms with E-state index in [1.807, 2.05) is 23.1 Å². The van der Waals surface area contributed by atoms with Crippen LogP contribution in [0.5, 0.6) is 0 Å². The molecule has 1 aliphatic heterocycles. The molecule has 1 unspecified atom stereocenters. The van der Waals surface area contributed by atoms with E-state index in [4.69, 9.17) is 0 Å². The van der Waals surface area contributed by atoms with Gasteiger partial charge < -0.3 is 4.90 Å². The van der Waals surface area contributed by atoms with Crippen LogP contribution >= 0.6 is 27.7 Å². The first-order chi connectivity index (χ1) is 8.08. The van der Waals surface area contributed by atoms with Crippen molar-refractivity contribution in [3.63, 3.8) is 0 Å². The molecule has 0 spiro atoms. The van der Waals surface area contributed by atoms with Crippen LogP contribution in [0.1, 0.15) is 20.3 Å². The maximum Gasteiger partial charge on any atom is 0.228 e. The highest BCUT2D eigenvalue weighted by atomic mass is 79.9. The predicted molar refractivity (Wildman–Crippen MR) is 77.1 cm³/mol. The predicted octanol–water partition coefficient (Wildman–Crippen LogP) is 3.69. The fourth-order valence-electron chi connectivity index (χ4n) is 1.93. The summed E-state index contributed by atoms with van der Waals surface area (Å²) < 4.78 is 0. The Morgan fingerprint density at radius 3 is 2.71 bits per heavy atom. The zero-order chi connectivity index (χ0) is 12.4. The van der Waals surface area contributed by atoms with Gasteiger partial charge in [0.2, 0.25) is 5.91 Å². The van der Waals surface area contributed by atoms with E-state index in [0.29, 0.717) is 11.7 Å². The number of anilines is 1. The lowest BCUT2D eigenvalue weighted by Gasteiger charge is -2.20. The number of thioether (sulfide) groups is 1. The van der Waals surface area contributed by atoms with Gasteiger partial charge in [0.15, 0.2) is 0 Å². The Morgan fingerprint density at radius 1 is 1.41 bits per heavy atom. The van der Waals surface area contributed by atoms with Crippen LogP contribution in [0.3, 0.4) is 0 Å². The molecule has 1 fully saturated rings. The van der Waals surface area contributed by atoms with E-state index in [9.17, 15) is 4.79 Å². The summed E-state index contributed by atoms with van der Waals surface area (Å²) in [6.45, 7) is 5.11. The highest BCUT2D eigenvalue weighted by Crippen LogP contribution is 2.35. The monoisotopic (exact) mass is 313 g/mol. The van der Waals surface area contributed by atoms with E-state index in [1.165, 1.54) is 4.90 Å². The Hall–Kier alpha value is -0.480. The lowest BCUT2D eigenvalue weighted by atomic mass is 10.3. The van der Waals surface area contributed by atoms with Gasteiger partial charge in [-0.1, -0.05) is 41.9 Å². The maximum atomic E-state index is 11.9. The largest absolute Gasteiger partial charge is 0.310 e. The van der Waals surface area contributed by atoms with Gasteiger partial charge in [-0.05, 0) is 12.1 Å². The molecule has 17 heavy (non-hydrogen) atoms. The molecule has 0 bridgehead atoms. The van der Waals surface area contributed by atoms with Crippen molar-refractivity contribution in [2.24, 2.45) is 0 Å². The summed E-state index contributed by atoms with van der Waals surface area (Å²) in [5, 5.41) is 0.522. The Bertz CT molecular complexity index is 422. The van der Waals surface area contributed by atoms with Gasteiger partial charge in [-0.2, -0.15) is 0 Å². The number of benzene rings is 1. The average molecular weight is 314 g/mol. The van der Waals surface area contributed by atoms with E-state index in [-0.39, 0.29) is 10.7 Å². The van der Waals surface area contributed by atoms with Crippen molar-refractivity contribution in [1.29, 1.82) is 0 Å². The first kappa shape index (κ1) is 13.0. The molecule has 0 aromatic heterocycles. The number of rotatable bonds is 3. The molecule has 1 aromatic rings. The van der Waals surface area contributed by atoms with Crippen LogP contribution in [0.2, 0.25) is 0 Å². The lowest BCUT2D eigenvalue weighted by Crippen LogP contribution is -2.25. The van der Waals surface area contributed by atoms with Crippen molar-refractivity contribution in [1.82, 2.24) is 0 Å². The van der Waals surface area contributed by atoms with Crippen molar-refractivity contribution >= 4 is 39.3 Å². The van der Waals surface area contributed by atoms with Crippen LogP contribution in [0.25, 0.3) is 0 Å². The zero-order valence-electron chi connectivity index (χ0n) is 10.0. The SMILES string of the molecule is CC(C)Sc1ccccc1N1CC(Br)CC1=O. The van der Waals surface area contributed by atoms with Gasteiger partial charge >= 0.3 is 0 Å². The van der Waals surface area contributed by atoms with Crippen LogP contribution in [-0.4, -0.2) is 22.5 Å². The molecule has 0 saturated carbocycles.